The van der Waals surface area contributed by atoms with Crippen molar-refractivity contribution in [1.29, 1.82) is 0 Å². The minimum absolute atomic E-state index is 0.0790. The van der Waals surface area contributed by atoms with Crippen LogP contribution in [0.3, 0.4) is 0 Å². The first-order valence-electron chi connectivity index (χ1n) is 6.53. The number of carbonyl (C=O) groups is 1. The summed E-state index contributed by atoms with van der Waals surface area (Å²) in [5.41, 5.74) is 1.28. The molecule has 0 saturated carbocycles. The van der Waals surface area contributed by atoms with Gasteiger partial charge < -0.3 is 9.64 Å². The highest BCUT2D eigenvalue weighted by atomic mass is 16.5. The van der Waals surface area contributed by atoms with Gasteiger partial charge in [0.1, 0.15) is 0 Å². The number of benzene rings is 1. The first-order valence-corrected chi connectivity index (χ1v) is 6.53. The SMILES string of the molecule is CN(C)CCCOC(=O)CCCc1ccccc1. The predicted octanol–water partition coefficient (Wildman–Crippen LogP) is 2.50. The smallest absolute Gasteiger partial charge is 0.305 e. The van der Waals surface area contributed by atoms with Crippen LogP contribution in [-0.2, 0) is 16.0 Å². The summed E-state index contributed by atoms with van der Waals surface area (Å²) >= 11 is 0. The maximum Gasteiger partial charge on any atom is 0.305 e. The van der Waals surface area contributed by atoms with Crippen molar-refractivity contribution >= 4 is 5.97 Å². The Bertz CT molecular complexity index is 336. The lowest BCUT2D eigenvalue weighted by Crippen LogP contribution is -2.16. The van der Waals surface area contributed by atoms with Crippen molar-refractivity contribution < 1.29 is 9.53 Å². The van der Waals surface area contributed by atoms with Gasteiger partial charge in [-0.1, -0.05) is 30.3 Å². The number of rotatable bonds is 8. The predicted molar refractivity (Wildman–Crippen MR) is 73.5 cm³/mol. The van der Waals surface area contributed by atoms with Crippen molar-refractivity contribution in [2.24, 2.45) is 0 Å². The number of aryl methyl sites for hydroxylation is 1. The number of hydrogen-bond acceptors (Lipinski definition) is 3. The van der Waals surface area contributed by atoms with Gasteiger partial charge >= 0.3 is 5.97 Å². The van der Waals surface area contributed by atoms with Crippen LogP contribution in [0, 0.1) is 0 Å². The summed E-state index contributed by atoms with van der Waals surface area (Å²) in [7, 11) is 4.03. The van der Waals surface area contributed by atoms with Gasteiger partial charge in [-0.25, -0.2) is 0 Å². The molecule has 0 aliphatic rings. The van der Waals surface area contributed by atoms with Gasteiger partial charge in [-0.3, -0.25) is 4.79 Å². The quantitative estimate of drug-likeness (QED) is 0.524. The summed E-state index contributed by atoms with van der Waals surface area (Å²) in [4.78, 5) is 13.5. The van der Waals surface area contributed by atoms with Crippen LogP contribution >= 0.6 is 0 Å². The molecule has 0 saturated heterocycles. The average molecular weight is 249 g/mol. The van der Waals surface area contributed by atoms with Crippen LogP contribution in [0.15, 0.2) is 30.3 Å². The van der Waals surface area contributed by atoms with Crippen molar-refractivity contribution in [3.63, 3.8) is 0 Å². The summed E-state index contributed by atoms with van der Waals surface area (Å²) in [6, 6.07) is 10.2. The Morgan fingerprint density at radius 3 is 2.56 bits per heavy atom. The lowest BCUT2D eigenvalue weighted by Gasteiger charge is -2.09. The van der Waals surface area contributed by atoms with E-state index < -0.39 is 0 Å². The van der Waals surface area contributed by atoms with E-state index in [1.54, 1.807) is 0 Å². The van der Waals surface area contributed by atoms with Crippen molar-refractivity contribution in [3.8, 4) is 0 Å². The summed E-state index contributed by atoms with van der Waals surface area (Å²) in [6.45, 7) is 1.49. The van der Waals surface area contributed by atoms with Crippen LogP contribution in [0.25, 0.3) is 0 Å². The molecule has 0 aliphatic carbocycles. The summed E-state index contributed by atoms with van der Waals surface area (Å²) in [6.07, 6.45) is 3.21. The van der Waals surface area contributed by atoms with Crippen molar-refractivity contribution in [1.82, 2.24) is 4.90 Å². The molecule has 0 aromatic heterocycles. The van der Waals surface area contributed by atoms with E-state index in [0.717, 1.165) is 25.8 Å². The largest absolute Gasteiger partial charge is 0.466 e. The highest BCUT2D eigenvalue weighted by Gasteiger charge is 2.03. The molecular formula is C15H23NO2. The van der Waals surface area contributed by atoms with Crippen LogP contribution in [0.5, 0.6) is 0 Å². The standard InChI is InChI=1S/C15H23NO2/c1-16(2)12-7-13-18-15(17)11-6-10-14-8-4-3-5-9-14/h3-5,8-9H,6-7,10-13H2,1-2H3. The van der Waals surface area contributed by atoms with Crippen LogP contribution in [0.2, 0.25) is 0 Å². The molecule has 1 aromatic rings. The van der Waals surface area contributed by atoms with E-state index >= 15 is 0 Å². The maximum absolute atomic E-state index is 11.4. The number of nitrogens with zero attached hydrogens (tertiary/aromatic N) is 1. The van der Waals surface area contributed by atoms with E-state index in [2.05, 4.69) is 17.0 Å². The monoisotopic (exact) mass is 249 g/mol. The van der Waals surface area contributed by atoms with Gasteiger partial charge in [0.25, 0.3) is 0 Å². The molecule has 3 nitrogen and oxygen atoms in total. The molecule has 0 radical (unpaired) electrons. The van der Waals surface area contributed by atoms with Crippen LogP contribution in [-0.4, -0.2) is 38.1 Å². The minimum atomic E-state index is -0.0790. The van der Waals surface area contributed by atoms with Gasteiger partial charge in [0.05, 0.1) is 6.61 Å². The summed E-state index contributed by atoms with van der Waals surface area (Å²) < 4.78 is 5.16. The van der Waals surface area contributed by atoms with E-state index in [4.69, 9.17) is 4.74 Å². The molecule has 1 rings (SSSR count). The van der Waals surface area contributed by atoms with Gasteiger partial charge in [-0.15, -0.1) is 0 Å². The second kappa shape index (κ2) is 8.70. The van der Waals surface area contributed by atoms with Crippen molar-refractivity contribution in [2.75, 3.05) is 27.2 Å². The Balaban J connectivity index is 2.03. The molecule has 0 spiro atoms. The third-order valence-electron chi connectivity index (χ3n) is 2.70. The van der Waals surface area contributed by atoms with Crippen LogP contribution in [0.1, 0.15) is 24.8 Å². The van der Waals surface area contributed by atoms with Gasteiger partial charge in [0.2, 0.25) is 0 Å². The van der Waals surface area contributed by atoms with Crippen molar-refractivity contribution in [2.45, 2.75) is 25.7 Å². The Kier molecular flexibility index (Phi) is 7.11. The van der Waals surface area contributed by atoms with Gasteiger partial charge in [-0.2, -0.15) is 0 Å². The van der Waals surface area contributed by atoms with Gasteiger partial charge in [-0.05, 0) is 38.9 Å². The Morgan fingerprint density at radius 1 is 1.17 bits per heavy atom. The maximum atomic E-state index is 11.4. The second-order valence-electron chi connectivity index (χ2n) is 4.72. The molecule has 1 aromatic carbocycles. The van der Waals surface area contributed by atoms with Crippen molar-refractivity contribution in [3.05, 3.63) is 35.9 Å². The number of carbonyl (C=O) groups excluding carboxylic acids is 1. The molecule has 0 amide bonds. The Labute approximate surface area is 110 Å². The van der Waals surface area contributed by atoms with Gasteiger partial charge in [0, 0.05) is 13.0 Å². The van der Waals surface area contributed by atoms with E-state index in [-0.39, 0.29) is 5.97 Å². The lowest BCUT2D eigenvalue weighted by atomic mass is 10.1. The van der Waals surface area contributed by atoms with E-state index in [1.807, 2.05) is 32.3 Å². The first-order chi connectivity index (χ1) is 8.68. The number of hydrogen-bond donors (Lipinski definition) is 0. The molecule has 3 heteroatoms. The summed E-state index contributed by atoms with van der Waals surface area (Å²) in [5.74, 6) is -0.0790. The Hall–Kier alpha value is -1.35. The third-order valence-corrected chi connectivity index (χ3v) is 2.70. The highest BCUT2D eigenvalue weighted by molar-refractivity contribution is 5.69. The highest BCUT2D eigenvalue weighted by Crippen LogP contribution is 2.05. The number of esters is 1. The molecule has 0 fully saturated rings. The molecule has 0 N–H and O–H groups in total. The molecule has 0 atom stereocenters. The molecule has 18 heavy (non-hydrogen) atoms. The normalized spacial score (nSPS) is 10.6. The molecule has 0 bridgehead atoms. The lowest BCUT2D eigenvalue weighted by molar-refractivity contribution is -0.143. The summed E-state index contributed by atoms with van der Waals surface area (Å²) in [5, 5.41) is 0. The Morgan fingerprint density at radius 2 is 1.89 bits per heavy atom. The first kappa shape index (κ1) is 14.7. The minimum Gasteiger partial charge on any atom is -0.466 e. The van der Waals surface area contributed by atoms with E-state index in [1.165, 1.54) is 5.56 Å². The fourth-order valence-electron chi connectivity index (χ4n) is 1.72. The zero-order valence-corrected chi connectivity index (χ0v) is 11.4. The molecule has 0 aliphatic heterocycles. The van der Waals surface area contributed by atoms with Crippen LogP contribution < -0.4 is 0 Å². The number of ether oxygens (including phenoxy) is 1. The fourth-order valence-corrected chi connectivity index (χ4v) is 1.72. The van der Waals surface area contributed by atoms with Crippen LogP contribution in [0.4, 0.5) is 0 Å². The van der Waals surface area contributed by atoms with E-state index in [9.17, 15) is 4.79 Å². The van der Waals surface area contributed by atoms with E-state index in [0.29, 0.717) is 13.0 Å². The molecule has 0 heterocycles. The molecule has 100 valence electrons. The zero-order valence-electron chi connectivity index (χ0n) is 11.4. The fraction of sp³-hybridized carbons (Fsp3) is 0.533. The molecular weight excluding hydrogens is 226 g/mol. The molecule has 0 unspecified atom stereocenters. The average Bonchev–Trinajstić information content (AvgIpc) is 2.36. The topological polar surface area (TPSA) is 29.5 Å². The van der Waals surface area contributed by atoms with Gasteiger partial charge in [0.15, 0.2) is 0 Å². The zero-order chi connectivity index (χ0) is 13.2. The third kappa shape index (κ3) is 7.07. The second-order valence-corrected chi connectivity index (χ2v) is 4.72.